The largest absolute Gasteiger partial charge is 0.493 e. The Hall–Kier alpha value is -3.69. The van der Waals surface area contributed by atoms with Crippen molar-refractivity contribution in [3.8, 4) is 11.5 Å². The number of ether oxygens (including phenoxy) is 2. The predicted octanol–water partition coefficient (Wildman–Crippen LogP) is 2.84. The first-order chi connectivity index (χ1) is 12.3. The number of nitro benzene ring substituents is 2. The van der Waals surface area contributed by atoms with Gasteiger partial charge in [-0.15, -0.1) is 0 Å². The number of rotatable bonds is 7. The van der Waals surface area contributed by atoms with Crippen LogP contribution in [0.2, 0.25) is 0 Å². The summed E-state index contributed by atoms with van der Waals surface area (Å²) in [4.78, 5) is 32.5. The van der Waals surface area contributed by atoms with Crippen LogP contribution < -0.4 is 14.8 Å². The third-order valence-electron chi connectivity index (χ3n) is 3.42. The molecule has 1 amide bonds. The topological polar surface area (TPSA) is 134 Å². The SMILES string of the molecule is COc1ccc([N+](=O)[O-])cc1OCC(=O)Nc1cc([N+](=O)[O-])ccc1C. The fourth-order valence-electron chi connectivity index (χ4n) is 2.08. The van der Waals surface area contributed by atoms with Crippen LogP contribution in [0.1, 0.15) is 5.56 Å². The molecule has 0 aliphatic heterocycles. The van der Waals surface area contributed by atoms with E-state index < -0.39 is 22.4 Å². The van der Waals surface area contributed by atoms with E-state index in [2.05, 4.69) is 5.32 Å². The Morgan fingerprint density at radius 1 is 1.04 bits per heavy atom. The molecule has 2 aromatic carbocycles. The lowest BCUT2D eigenvalue weighted by Crippen LogP contribution is -2.21. The van der Waals surface area contributed by atoms with Gasteiger partial charge in [0.2, 0.25) is 0 Å². The van der Waals surface area contributed by atoms with Gasteiger partial charge in [0.1, 0.15) is 0 Å². The Kier molecular flexibility index (Phi) is 5.68. The van der Waals surface area contributed by atoms with E-state index >= 15 is 0 Å². The van der Waals surface area contributed by atoms with Crippen LogP contribution in [0.15, 0.2) is 36.4 Å². The van der Waals surface area contributed by atoms with Crippen LogP contribution in [0.3, 0.4) is 0 Å². The first-order valence-corrected chi connectivity index (χ1v) is 7.32. The fraction of sp³-hybridized carbons (Fsp3) is 0.188. The Labute approximate surface area is 147 Å². The number of nitro groups is 2. The van der Waals surface area contributed by atoms with Crippen LogP contribution in [0.25, 0.3) is 0 Å². The van der Waals surface area contributed by atoms with Crippen molar-refractivity contribution in [1.29, 1.82) is 0 Å². The average Bonchev–Trinajstić information content (AvgIpc) is 2.61. The summed E-state index contributed by atoms with van der Waals surface area (Å²) in [5.41, 5.74) is 0.540. The third kappa shape index (κ3) is 4.44. The van der Waals surface area contributed by atoms with Crippen LogP contribution >= 0.6 is 0 Å². The summed E-state index contributed by atoms with van der Waals surface area (Å²) in [6.07, 6.45) is 0. The molecule has 0 spiro atoms. The Morgan fingerprint density at radius 2 is 1.65 bits per heavy atom. The maximum Gasteiger partial charge on any atom is 0.273 e. The number of nitrogens with one attached hydrogen (secondary N) is 1. The fourth-order valence-corrected chi connectivity index (χ4v) is 2.08. The lowest BCUT2D eigenvalue weighted by atomic mass is 10.2. The van der Waals surface area contributed by atoms with Gasteiger partial charge in [0.25, 0.3) is 17.3 Å². The monoisotopic (exact) mass is 361 g/mol. The lowest BCUT2D eigenvalue weighted by molar-refractivity contribution is -0.385. The van der Waals surface area contributed by atoms with Crippen LogP contribution in [0.5, 0.6) is 11.5 Å². The molecule has 0 aliphatic rings. The highest BCUT2D eigenvalue weighted by atomic mass is 16.6. The van der Waals surface area contributed by atoms with Gasteiger partial charge in [-0.25, -0.2) is 0 Å². The number of aryl methyl sites for hydroxylation is 1. The molecule has 0 bridgehead atoms. The molecule has 0 radical (unpaired) electrons. The Bertz CT molecular complexity index is 867. The summed E-state index contributed by atoms with van der Waals surface area (Å²) in [5.74, 6) is -0.315. The molecule has 0 fully saturated rings. The van der Waals surface area contributed by atoms with Gasteiger partial charge >= 0.3 is 0 Å². The molecular weight excluding hydrogens is 346 g/mol. The normalized spacial score (nSPS) is 10.1. The van der Waals surface area contributed by atoms with E-state index in [1.807, 2.05) is 0 Å². The second kappa shape index (κ2) is 7.92. The predicted molar refractivity (Wildman–Crippen MR) is 91.6 cm³/mol. The number of amides is 1. The van der Waals surface area contributed by atoms with Crippen molar-refractivity contribution in [3.05, 3.63) is 62.2 Å². The third-order valence-corrected chi connectivity index (χ3v) is 3.42. The summed E-state index contributed by atoms with van der Waals surface area (Å²) in [5, 5.41) is 24.2. The number of methoxy groups -OCH3 is 1. The van der Waals surface area contributed by atoms with Gasteiger partial charge in [-0.1, -0.05) is 6.07 Å². The van der Waals surface area contributed by atoms with E-state index in [1.165, 1.54) is 37.4 Å². The zero-order chi connectivity index (χ0) is 19.3. The molecule has 0 saturated heterocycles. The van der Waals surface area contributed by atoms with Crippen molar-refractivity contribution < 1.29 is 24.1 Å². The number of carbonyl (C=O) groups is 1. The first-order valence-electron chi connectivity index (χ1n) is 7.32. The molecule has 0 heterocycles. The smallest absolute Gasteiger partial charge is 0.273 e. The molecule has 136 valence electrons. The Balaban J connectivity index is 2.10. The van der Waals surface area contributed by atoms with Gasteiger partial charge in [-0.05, 0) is 18.6 Å². The number of non-ortho nitro benzene ring substituents is 2. The summed E-state index contributed by atoms with van der Waals surface area (Å²) >= 11 is 0. The van der Waals surface area contributed by atoms with Crippen LogP contribution in [0.4, 0.5) is 17.1 Å². The number of benzene rings is 2. The van der Waals surface area contributed by atoms with Crippen molar-refractivity contribution in [2.45, 2.75) is 6.92 Å². The standard InChI is InChI=1S/C16H15N3O7/c1-10-3-4-11(18(21)22)7-13(10)17-16(20)9-26-15-8-12(19(23)24)5-6-14(15)25-2/h3-8H,9H2,1-2H3,(H,17,20). The maximum absolute atomic E-state index is 12.1. The summed E-state index contributed by atoms with van der Waals surface area (Å²) in [6, 6.07) is 7.83. The molecule has 10 nitrogen and oxygen atoms in total. The zero-order valence-electron chi connectivity index (χ0n) is 13.9. The average molecular weight is 361 g/mol. The summed E-state index contributed by atoms with van der Waals surface area (Å²) in [7, 11) is 1.36. The zero-order valence-corrected chi connectivity index (χ0v) is 13.9. The molecule has 10 heteroatoms. The van der Waals surface area contributed by atoms with E-state index in [0.717, 1.165) is 6.07 Å². The van der Waals surface area contributed by atoms with Gasteiger partial charge in [0.15, 0.2) is 18.1 Å². The van der Waals surface area contributed by atoms with Gasteiger partial charge in [-0.3, -0.25) is 25.0 Å². The number of anilines is 1. The molecule has 2 rings (SSSR count). The van der Waals surface area contributed by atoms with E-state index in [0.29, 0.717) is 5.56 Å². The molecule has 2 aromatic rings. The van der Waals surface area contributed by atoms with Crippen LogP contribution in [0, 0.1) is 27.2 Å². The van der Waals surface area contributed by atoms with Crippen LogP contribution in [-0.4, -0.2) is 29.5 Å². The van der Waals surface area contributed by atoms with Crippen molar-refractivity contribution in [3.63, 3.8) is 0 Å². The van der Waals surface area contributed by atoms with Gasteiger partial charge in [0.05, 0.1) is 28.7 Å². The van der Waals surface area contributed by atoms with E-state index in [1.54, 1.807) is 6.92 Å². The van der Waals surface area contributed by atoms with Gasteiger partial charge in [-0.2, -0.15) is 0 Å². The van der Waals surface area contributed by atoms with Crippen LogP contribution in [-0.2, 0) is 4.79 Å². The second-order valence-electron chi connectivity index (χ2n) is 5.19. The van der Waals surface area contributed by atoms with Crippen molar-refractivity contribution in [2.75, 3.05) is 19.0 Å². The minimum Gasteiger partial charge on any atom is -0.493 e. The molecule has 0 saturated carbocycles. The second-order valence-corrected chi connectivity index (χ2v) is 5.19. The van der Waals surface area contributed by atoms with Crippen molar-refractivity contribution in [1.82, 2.24) is 0 Å². The van der Waals surface area contributed by atoms with Crippen molar-refractivity contribution >= 4 is 23.0 Å². The highest BCUT2D eigenvalue weighted by Gasteiger charge is 2.15. The van der Waals surface area contributed by atoms with Gasteiger partial charge in [0, 0.05) is 18.2 Å². The minimum absolute atomic E-state index is 0.0348. The highest BCUT2D eigenvalue weighted by Crippen LogP contribution is 2.31. The number of carbonyl (C=O) groups excluding carboxylic acids is 1. The minimum atomic E-state index is -0.598. The lowest BCUT2D eigenvalue weighted by Gasteiger charge is -2.11. The molecule has 0 aliphatic carbocycles. The Morgan fingerprint density at radius 3 is 2.27 bits per heavy atom. The summed E-state index contributed by atoms with van der Waals surface area (Å²) < 4.78 is 10.3. The first kappa shape index (κ1) is 18.6. The molecule has 1 N–H and O–H groups in total. The maximum atomic E-state index is 12.1. The number of nitrogens with zero attached hydrogens (tertiary/aromatic N) is 2. The number of hydrogen-bond donors (Lipinski definition) is 1. The highest BCUT2D eigenvalue weighted by molar-refractivity contribution is 5.93. The molecule has 0 aromatic heterocycles. The van der Waals surface area contributed by atoms with E-state index in [4.69, 9.17) is 9.47 Å². The van der Waals surface area contributed by atoms with Gasteiger partial charge < -0.3 is 14.8 Å². The molecule has 0 atom stereocenters. The quantitative estimate of drug-likeness (QED) is 0.592. The molecule has 0 unspecified atom stereocenters. The molecule has 26 heavy (non-hydrogen) atoms. The molecular formula is C16H15N3O7. The number of hydrogen-bond acceptors (Lipinski definition) is 7. The van der Waals surface area contributed by atoms with Crippen molar-refractivity contribution in [2.24, 2.45) is 0 Å². The van der Waals surface area contributed by atoms with E-state index in [-0.39, 0.29) is 28.6 Å². The summed E-state index contributed by atoms with van der Waals surface area (Å²) in [6.45, 7) is 1.23. The van der Waals surface area contributed by atoms with E-state index in [9.17, 15) is 25.0 Å².